The molecular formula is C19H21NO2. The molecule has 3 heteroatoms. The molecule has 2 atom stereocenters. The summed E-state index contributed by atoms with van der Waals surface area (Å²) < 4.78 is 11.0. The van der Waals surface area contributed by atoms with Crippen molar-refractivity contribution in [3.05, 3.63) is 65.2 Å². The Balaban J connectivity index is 1.62. The van der Waals surface area contributed by atoms with E-state index in [2.05, 4.69) is 60.5 Å². The number of hydrogen-bond acceptors (Lipinski definition) is 3. The van der Waals surface area contributed by atoms with E-state index in [0.717, 1.165) is 25.4 Å². The van der Waals surface area contributed by atoms with E-state index in [-0.39, 0.29) is 0 Å². The highest BCUT2D eigenvalue weighted by molar-refractivity contribution is 5.44. The molecule has 0 radical (unpaired) electrons. The smallest absolute Gasteiger partial charge is 0.119 e. The predicted molar refractivity (Wildman–Crippen MR) is 86.3 cm³/mol. The molecular weight excluding hydrogens is 274 g/mol. The van der Waals surface area contributed by atoms with Crippen LogP contribution in [-0.2, 0) is 11.3 Å². The topological polar surface area (TPSA) is 25.0 Å². The van der Waals surface area contributed by atoms with Crippen molar-refractivity contribution in [1.82, 2.24) is 4.90 Å². The number of fused-ring (bicyclic) bond motifs is 1. The van der Waals surface area contributed by atoms with Gasteiger partial charge in [-0.05, 0) is 35.9 Å². The van der Waals surface area contributed by atoms with Crippen LogP contribution < -0.4 is 4.74 Å². The van der Waals surface area contributed by atoms with Crippen LogP contribution in [0.5, 0.6) is 5.75 Å². The summed E-state index contributed by atoms with van der Waals surface area (Å²) in [6.45, 7) is 3.55. The number of rotatable bonds is 4. The number of ether oxygens (including phenoxy) is 2. The lowest BCUT2D eigenvalue weighted by molar-refractivity contribution is 0.260. The summed E-state index contributed by atoms with van der Waals surface area (Å²) in [5.74, 6) is 1.40. The lowest BCUT2D eigenvalue weighted by atomic mass is 9.85. The molecule has 0 aliphatic carbocycles. The van der Waals surface area contributed by atoms with Crippen LogP contribution in [0.1, 0.15) is 22.6 Å². The van der Waals surface area contributed by atoms with Gasteiger partial charge in [0.05, 0.1) is 6.61 Å². The first-order valence-electron chi connectivity index (χ1n) is 7.90. The molecule has 2 aromatic carbocycles. The van der Waals surface area contributed by atoms with E-state index in [1.54, 1.807) is 0 Å². The third kappa shape index (κ3) is 2.87. The molecule has 1 fully saturated rings. The minimum absolute atomic E-state index is 0.302. The molecule has 114 valence electrons. The fourth-order valence-corrected chi connectivity index (χ4v) is 3.24. The summed E-state index contributed by atoms with van der Waals surface area (Å²) in [5, 5.41) is 0. The first-order valence-corrected chi connectivity index (χ1v) is 7.90. The Morgan fingerprint density at radius 1 is 1.18 bits per heavy atom. The fourth-order valence-electron chi connectivity index (χ4n) is 3.24. The Labute approximate surface area is 131 Å². The normalized spacial score (nSPS) is 23.9. The average molecular weight is 295 g/mol. The third-order valence-corrected chi connectivity index (χ3v) is 4.46. The highest BCUT2D eigenvalue weighted by Gasteiger charge is 2.26. The van der Waals surface area contributed by atoms with E-state index < -0.39 is 0 Å². The SMILES string of the molecule is CN1Cc2cc(OCC3CO3)ccc2C(c2ccccc2)C1. The molecule has 0 N–H and O–H groups in total. The van der Waals surface area contributed by atoms with Crippen molar-refractivity contribution in [3.8, 4) is 5.75 Å². The maximum atomic E-state index is 5.83. The minimum Gasteiger partial charge on any atom is -0.491 e. The van der Waals surface area contributed by atoms with Gasteiger partial charge in [-0.15, -0.1) is 0 Å². The van der Waals surface area contributed by atoms with Gasteiger partial charge in [0.2, 0.25) is 0 Å². The van der Waals surface area contributed by atoms with Gasteiger partial charge in [0.25, 0.3) is 0 Å². The van der Waals surface area contributed by atoms with Gasteiger partial charge >= 0.3 is 0 Å². The Kier molecular flexibility index (Phi) is 3.60. The standard InChI is InChI=1S/C19H21NO2/c1-20-10-15-9-16(21-12-17-13-22-17)7-8-18(15)19(11-20)14-5-3-2-4-6-14/h2-9,17,19H,10-13H2,1H3. The van der Waals surface area contributed by atoms with Gasteiger partial charge in [-0.3, -0.25) is 0 Å². The van der Waals surface area contributed by atoms with Crippen LogP contribution >= 0.6 is 0 Å². The van der Waals surface area contributed by atoms with Gasteiger partial charge in [0.1, 0.15) is 18.5 Å². The molecule has 2 aliphatic rings. The summed E-state index contributed by atoms with van der Waals surface area (Å²) in [5.41, 5.74) is 4.19. The molecule has 0 spiro atoms. The second-order valence-electron chi connectivity index (χ2n) is 6.29. The molecule has 0 amide bonds. The summed E-state index contributed by atoms with van der Waals surface area (Å²) in [4.78, 5) is 2.38. The second-order valence-corrected chi connectivity index (χ2v) is 6.29. The van der Waals surface area contributed by atoms with Crippen LogP contribution in [-0.4, -0.2) is 37.8 Å². The van der Waals surface area contributed by atoms with Crippen molar-refractivity contribution >= 4 is 0 Å². The molecule has 3 nitrogen and oxygen atoms in total. The molecule has 22 heavy (non-hydrogen) atoms. The molecule has 2 aromatic rings. The number of epoxide rings is 1. The molecule has 0 saturated carbocycles. The Hall–Kier alpha value is -1.84. The molecule has 2 unspecified atom stereocenters. The molecule has 0 bridgehead atoms. The van der Waals surface area contributed by atoms with Gasteiger partial charge in [0.15, 0.2) is 0 Å². The summed E-state index contributed by atoms with van der Waals surface area (Å²) in [6, 6.07) is 17.3. The summed E-state index contributed by atoms with van der Waals surface area (Å²) in [6.07, 6.45) is 0.302. The maximum Gasteiger partial charge on any atom is 0.119 e. The lowest BCUT2D eigenvalue weighted by Crippen LogP contribution is -2.31. The monoisotopic (exact) mass is 295 g/mol. The molecule has 1 saturated heterocycles. The molecule has 0 aromatic heterocycles. The van der Waals surface area contributed by atoms with Crippen molar-refractivity contribution in [3.63, 3.8) is 0 Å². The predicted octanol–water partition coefficient (Wildman–Crippen LogP) is 3.04. The average Bonchev–Trinajstić information content (AvgIpc) is 3.37. The van der Waals surface area contributed by atoms with Crippen molar-refractivity contribution in [2.75, 3.05) is 26.8 Å². The first-order chi connectivity index (χ1) is 10.8. The zero-order chi connectivity index (χ0) is 14.9. The van der Waals surface area contributed by atoms with Gasteiger partial charge in [0, 0.05) is 19.0 Å². The molecule has 4 rings (SSSR count). The molecule has 2 heterocycles. The first kappa shape index (κ1) is 13.8. The van der Waals surface area contributed by atoms with Gasteiger partial charge in [-0.25, -0.2) is 0 Å². The quantitative estimate of drug-likeness (QED) is 0.811. The van der Waals surface area contributed by atoms with Crippen LogP contribution in [0.15, 0.2) is 48.5 Å². The zero-order valence-electron chi connectivity index (χ0n) is 12.9. The van der Waals surface area contributed by atoms with E-state index in [0.29, 0.717) is 18.6 Å². The van der Waals surface area contributed by atoms with Crippen molar-refractivity contribution in [1.29, 1.82) is 0 Å². The van der Waals surface area contributed by atoms with E-state index in [9.17, 15) is 0 Å². The number of benzene rings is 2. The zero-order valence-corrected chi connectivity index (χ0v) is 12.9. The number of nitrogens with zero attached hydrogens (tertiary/aromatic N) is 1. The van der Waals surface area contributed by atoms with Gasteiger partial charge in [-0.2, -0.15) is 0 Å². The number of hydrogen-bond donors (Lipinski definition) is 0. The fraction of sp³-hybridized carbons (Fsp3) is 0.368. The highest BCUT2D eigenvalue weighted by atomic mass is 16.6. The van der Waals surface area contributed by atoms with E-state index in [1.807, 2.05) is 0 Å². The van der Waals surface area contributed by atoms with Gasteiger partial charge in [-0.1, -0.05) is 36.4 Å². The van der Waals surface area contributed by atoms with E-state index in [1.165, 1.54) is 16.7 Å². The van der Waals surface area contributed by atoms with Crippen LogP contribution in [0.2, 0.25) is 0 Å². The number of likely N-dealkylation sites (N-methyl/N-ethyl adjacent to an activating group) is 1. The van der Waals surface area contributed by atoms with Crippen LogP contribution in [0, 0.1) is 0 Å². The third-order valence-electron chi connectivity index (χ3n) is 4.46. The van der Waals surface area contributed by atoms with E-state index >= 15 is 0 Å². The second kappa shape index (κ2) is 5.75. The Morgan fingerprint density at radius 2 is 2.00 bits per heavy atom. The highest BCUT2D eigenvalue weighted by Crippen LogP contribution is 2.34. The van der Waals surface area contributed by atoms with Crippen LogP contribution in [0.4, 0.5) is 0 Å². The molecule has 2 aliphatic heterocycles. The minimum atomic E-state index is 0.302. The maximum absolute atomic E-state index is 5.83. The summed E-state index contributed by atoms with van der Waals surface area (Å²) in [7, 11) is 2.18. The van der Waals surface area contributed by atoms with Crippen LogP contribution in [0.25, 0.3) is 0 Å². The van der Waals surface area contributed by atoms with Crippen LogP contribution in [0.3, 0.4) is 0 Å². The summed E-state index contributed by atoms with van der Waals surface area (Å²) >= 11 is 0. The van der Waals surface area contributed by atoms with Crippen molar-refractivity contribution in [2.24, 2.45) is 0 Å². The van der Waals surface area contributed by atoms with Crippen molar-refractivity contribution < 1.29 is 9.47 Å². The van der Waals surface area contributed by atoms with E-state index in [4.69, 9.17) is 9.47 Å². The Morgan fingerprint density at radius 3 is 2.77 bits per heavy atom. The largest absolute Gasteiger partial charge is 0.491 e. The van der Waals surface area contributed by atoms with Gasteiger partial charge < -0.3 is 14.4 Å². The van der Waals surface area contributed by atoms with Crippen molar-refractivity contribution in [2.45, 2.75) is 18.6 Å². The lowest BCUT2D eigenvalue weighted by Gasteiger charge is -2.33. The Bertz CT molecular complexity index is 652.